The summed E-state index contributed by atoms with van der Waals surface area (Å²) in [5.74, 6) is 1.23. The molecule has 3 heterocycles. The van der Waals surface area contributed by atoms with Crippen molar-refractivity contribution in [3.63, 3.8) is 0 Å². The van der Waals surface area contributed by atoms with Crippen LogP contribution in [0.3, 0.4) is 0 Å². The van der Waals surface area contributed by atoms with Crippen molar-refractivity contribution < 1.29 is 4.79 Å². The predicted octanol–water partition coefficient (Wildman–Crippen LogP) is 3.35. The number of carbonyl (C=O) groups excluding carboxylic acids is 1. The molecule has 2 aliphatic rings. The van der Waals surface area contributed by atoms with Crippen molar-refractivity contribution in [1.82, 2.24) is 14.9 Å². The number of benzene rings is 1. The van der Waals surface area contributed by atoms with Crippen molar-refractivity contribution in [2.75, 3.05) is 24.5 Å². The highest BCUT2D eigenvalue weighted by atomic mass is 16.2. The Bertz CT molecular complexity index is 804. The van der Waals surface area contributed by atoms with Crippen LogP contribution in [-0.2, 0) is 6.42 Å². The van der Waals surface area contributed by atoms with Gasteiger partial charge in [-0.1, -0.05) is 25.1 Å². The molecule has 1 saturated heterocycles. The summed E-state index contributed by atoms with van der Waals surface area (Å²) in [6.07, 6.45) is 3.26. The molecule has 2 aromatic rings. The zero-order valence-electron chi connectivity index (χ0n) is 14.9. The largest absolute Gasteiger partial charge is 0.337 e. The molecule has 1 aromatic heterocycles. The van der Waals surface area contributed by atoms with E-state index in [9.17, 15) is 4.79 Å². The molecule has 1 atom stereocenters. The minimum absolute atomic E-state index is 0.0331. The van der Waals surface area contributed by atoms with Gasteiger partial charge >= 0.3 is 0 Å². The second-order valence-electron chi connectivity index (χ2n) is 7.22. The molecule has 1 fully saturated rings. The number of piperidine rings is 1. The third-order valence-corrected chi connectivity index (χ3v) is 5.13. The number of carbonyl (C=O) groups is 1. The zero-order valence-corrected chi connectivity index (χ0v) is 14.9. The van der Waals surface area contributed by atoms with Gasteiger partial charge in [-0.15, -0.1) is 0 Å². The third kappa shape index (κ3) is 3.11. The van der Waals surface area contributed by atoms with Crippen LogP contribution in [0.2, 0.25) is 0 Å². The van der Waals surface area contributed by atoms with Gasteiger partial charge in [0.05, 0.1) is 0 Å². The van der Waals surface area contributed by atoms with E-state index in [-0.39, 0.29) is 5.91 Å². The minimum atomic E-state index is 0.0331. The molecule has 130 valence electrons. The van der Waals surface area contributed by atoms with Crippen molar-refractivity contribution in [2.45, 2.75) is 33.1 Å². The summed E-state index contributed by atoms with van der Waals surface area (Å²) in [5.41, 5.74) is 3.81. The Labute approximate surface area is 148 Å². The second kappa shape index (κ2) is 6.47. The van der Waals surface area contributed by atoms with Crippen LogP contribution in [0.5, 0.6) is 0 Å². The van der Waals surface area contributed by atoms with Gasteiger partial charge in [0.25, 0.3) is 5.91 Å². The van der Waals surface area contributed by atoms with Gasteiger partial charge in [-0.2, -0.15) is 0 Å². The highest BCUT2D eigenvalue weighted by molar-refractivity contribution is 5.93. The van der Waals surface area contributed by atoms with Crippen molar-refractivity contribution in [2.24, 2.45) is 5.92 Å². The summed E-state index contributed by atoms with van der Waals surface area (Å²) in [6, 6.07) is 10.2. The van der Waals surface area contributed by atoms with Crippen molar-refractivity contribution in [1.29, 1.82) is 0 Å². The molecule has 2 aliphatic heterocycles. The normalized spacial score (nSPS) is 19.8. The van der Waals surface area contributed by atoms with E-state index in [4.69, 9.17) is 0 Å². The number of rotatable bonds is 2. The number of nitrogens with zero attached hydrogens (tertiary/aromatic N) is 4. The van der Waals surface area contributed by atoms with Crippen LogP contribution in [0.25, 0.3) is 0 Å². The van der Waals surface area contributed by atoms with Crippen molar-refractivity contribution >= 4 is 17.5 Å². The number of hydrogen-bond acceptors (Lipinski definition) is 4. The van der Waals surface area contributed by atoms with Gasteiger partial charge in [0.1, 0.15) is 5.69 Å². The summed E-state index contributed by atoms with van der Waals surface area (Å²) in [7, 11) is 0. The van der Waals surface area contributed by atoms with Gasteiger partial charge in [0, 0.05) is 31.0 Å². The van der Waals surface area contributed by atoms with Gasteiger partial charge in [-0.25, -0.2) is 9.97 Å². The van der Waals surface area contributed by atoms with Crippen LogP contribution in [0.1, 0.15) is 41.5 Å². The third-order valence-electron chi connectivity index (χ3n) is 5.13. The van der Waals surface area contributed by atoms with Crippen LogP contribution in [0.4, 0.5) is 11.6 Å². The van der Waals surface area contributed by atoms with E-state index in [1.807, 2.05) is 24.0 Å². The summed E-state index contributed by atoms with van der Waals surface area (Å²) in [5, 5.41) is 0. The molecule has 0 saturated carbocycles. The number of anilines is 2. The SMILES string of the molecule is Cc1cc(C(=O)N2CCCC(C)C2)nc(N2CCc3ccccc32)n1. The maximum Gasteiger partial charge on any atom is 0.272 e. The summed E-state index contributed by atoms with van der Waals surface area (Å²) in [4.78, 5) is 26.2. The number of likely N-dealkylation sites (tertiary alicyclic amines) is 1. The molecule has 0 aliphatic carbocycles. The van der Waals surface area contributed by atoms with Gasteiger partial charge in [0.15, 0.2) is 0 Å². The number of para-hydroxylation sites is 1. The molecule has 1 amide bonds. The molecular formula is C20H24N4O. The molecule has 0 spiro atoms. The Morgan fingerprint density at radius 1 is 1.20 bits per heavy atom. The lowest BCUT2D eigenvalue weighted by Crippen LogP contribution is -2.39. The molecule has 1 unspecified atom stereocenters. The highest BCUT2D eigenvalue weighted by Crippen LogP contribution is 2.32. The molecular weight excluding hydrogens is 312 g/mol. The first-order valence-corrected chi connectivity index (χ1v) is 9.12. The lowest BCUT2D eigenvalue weighted by Gasteiger charge is -2.30. The van der Waals surface area contributed by atoms with Crippen LogP contribution in [-0.4, -0.2) is 40.4 Å². The standard InChI is InChI=1S/C20H24N4O/c1-14-6-5-10-23(13-14)19(25)17-12-15(2)21-20(22-17)24-11-9-16-7-3-4-8-18(16)24/h3-4,7-8,12,14H,5-6,9-11,13H2,1-2H3. The molecule has 5 heteroatoms. The number of hydrogen-bond donors (Lipinski definition) is 0. The quantitative estimate of drug-likeness (QED) is 0.844. The maximum absolute atomic E-state index is 12.9. The summed E-state index contributed by atoms with van der Waals surface area (Å²) < 4.78 is 0. The number of fused-ring (bicyclic) bond motifs is 1. The van der Waals surface area contributed by atoms with Crippen molar-refractivity contribution in [3.8, 4) is 0 Å². The van der Waals surface area contributed by atoms with Crippen LogP contribution in [0, 0.1) is 12.8 Å². The van der Waals surface area contributed by atoms with E-state index in [1.165, 1.54) is 12.0 Å². The van der Waals surface area contributed by atoms with Gasteiger partial charge in [-0.05, 0) is 49.8 Å². The lowest BCUT2D eigenvalue weighted by atomic mass is 10.00. The average molecular weight is 336 g/mol. The maximum atomic E-state index is 12.9. The Morgan fingerprint density at radius 3 is 2.88 bits per heavy atom. The lowest BCUT2D eigenvalue weighted by molar-refractivity contribution is 0.0677. The Kier molecular flexibility index (Phi) is 4.15. The van der Waals surface area contributed by atoms with E-state index in [0.717, 1.165) is 43.9 Å². The second-order valence-corrected chi connectivity index (χ2v) is 7.22. The fourth-order valence-corrected chi connectivity index (χ4v) is 3.87. The fourth-order valence-electron chi connectivity index (χ4n) is 3.87. The Balaban J connectivity index is 1.64. The topological polar surface area (TPSA) is 49.3 Å². The fraction of sp³-hybridized carbons (Fsp3) is 0.450. The van der Waals surface area contributed by atoms with E-state index < -0.39 is 0 Å². The van der Waals surface area contributed by atoms with E-state index in [2.05, 4.69) is 40.0 Å². The molecule has 4 rings (SSSR count). The first-order chi connectivity index (χ1) is 12.1. The Hall–Kier alpha value is -2.43. The van der Waals surface area contributed by atoms with Gasteiger partial charge in [0.2, 0.25) is 5.95 Å². The first kappa shape index (κ1) is 16.1. The average Bonchev–Trinajstić information content (AvgIpc) is 3.04. The molecule has 0 bridgehead atoms. The van der Waals surface area contributed by atoms with Gasteiger partial charge < -0.3 is 9.80 Å². The van der Waals surface area contributed by atoms with Crippen molar-refractivity contribution in [3.05, 3.63) is 47.3 Å². The Morgan fingerprint density at radius 2 is 2.04 bits per heavy atom. The minimum Gasteiger partial charge on any atom is -0.337 e. The number of aryl methyl sites for hydroxylation is 1. The van der Waals surface area contributed by atoms with E-state index in [0.29, 0.717) is 17.6 Å². The first-order valence-electron chi connectivity index (χ1n) is 9.12. The van der Waals surface area contributed by atoms with Crippen LogP contribution in [0.15, 0.2) is 30.3 Å². The van der Waals surface area contributed by atoms with E-state index in [1.54, 1.807) is 0 Å². The predicted molar refractivity (Wildman–Crippen MR) is 98.2 cm³/mol. The van der Waals surface area contributed by atoms with Gasteiger partial charge in [-0.3, -0.25) is 4.79 Å². The molecule has 0 radical (unpaired) electrons. The van der Waals surface area contributed by atoms with Crippen LogP contribution >= 0.6 is 0 Å². The summed E-state index contributed by atoms with van der Waals surface area (Å²) >= 11 is 0. The smallest absolute Gasteiger partial charge is 0.272 e. The molecule has 1 aromatic carbocycles. The highest BCUT2D eigenvalue weighted by Gasteiger charge is 2.26. The van der Waals surface area contributed by atoms with E-state index >= 15 is 0 Å². The summed E-state index contributed by atoms with van der Waals surface area (Å²) in [6.45, 7) is 6.65. The molecule has 5 nitrogen and oxygen atoms in total. The molecule has 0 N–H and O–H groups in total. The monoisotopic (exact) mass is 336 g/mol. The molecule has 25 heavy (non-hydrogen) atoms. The number of amides is 1. The van der Waals surface area contributed by atoms with Crippen LogP contribution < -0.4 is 4.90 Å². The zero-order chi connectivity index (χ0) is 17.4. The number of aromatic nitrogens is 2.